The van der Waals surface area contributed by atoms with Gasteiger partial charge in [0.15, 0.2) is 0 Å². The van der Waals surface area contributed by atoms with Gasteiger partial charge in [0.25, 0.3) is 0 Å². The third-order valence-electron chi connectivity index (χ3n) is 7.12. The van der Waals surface area contributed by atoms with Crippen molar-refractivity contribution in [3.8, 4) is 0 Å². The molecule has 0 aliphatic heterocycles. The number of fused-ring (bicyclic) bond motifs is 6. The van der Waals surface area contributed by atoms with Crippen molar-refractivity contribution in [2.75, 3.05) is 167 Å². The van der Waals surface area contributed by atoms with E-state index < -0.39 is 0 Å². The number of nitrogens with zero attached hydrogens (tertiary/aromatic N) is 18. The van der Waals surface area contributed by atoms with E-state index >= 15 is 0 Å². The summed E-state index contributed by atoms with van der Waals surface area (Å²) in [5.74, 6) is 0. The molecule has 6 aromatic carbocycles. The smallest absolute Gasteiger partial charge is 2.00 e. The number of alkyl halides is 4. The zero-order valence-corrected chi connectivity index (χ0v) is 97.7. The number of halogens is 10. The van der Waals surface area contributed by atoms with Gasteiger partial charge in [-0.25, -0.2) is 0 Å². The molecule has 0 saturated carbocycles. The van der Waals surface area contributed by atoms with Crippen molar-refractivity contribution >= 4 is 113 Å². The molecular weight excluding hydrogens is 2500 g/mol. The van der Waals surface area contributed by atoms with Crippen molar-refractivity contribution in [2.24, 2.45) is 0 Å². The molecule has 0 aliphatic rings. The van der Waals surface area contributed by atoms with E-state index in [1.54, 1.807) is 0 Å². The average molecular weight is 2600 g/mol. The molecule has 6 aromatic heterocycles. The second kappa shape index (κ2) is 330. The average Bonchev–Trinajstić information content (AvgIpc) is 1.80. The van der Waals surface area contributed by atoms with Gasteiger partial charge < -0.3 is 281 Å². The normalized spacial score (nSPS) is 5.54. The fraction of sp³-hybridized carbons (Fsp3) is 0.400. The van der Waals surface area contributed by atoms with Gasteiger partial charge in [-0.3, -0.25) is 31.3 Å². The van der Waals surface area contributed by atoms with Gasteiger partial charge in [0.1, 0.15) is 0 Å². The first-order valence-electron chi connectivity index (χ1n) is 26.1. The van der Waals surface area contributed by atoms with Gasteiger partial charge in [0.05, 0.1) is 10.7 Å². The maximum Gasteiger partial charge on any atom is 4.00 e. The van der Waals surface area contributed by atoms with Gasteiger partial charge in [0, 0.05) is 0 Å². The molecule has 46 nitrogen and oxygen atoms in total. The molecule has 0 spiro atoms. The standard InChI is InChI=1S/6C6H4N3.2CH2Cl2.22CH3O.6ClH.14Cr.6O/c6*1-2-4-6-5(3-1)7-9-8-6;2*2-1-3;22*1-2;;;;;;;;;;;;;;;;;;;;;;;;;;/h6*1-4H;2*1H2;22*1H3;6*1H;;;;;;;;;;;;;;;;;;;;/q6*-1;;;22*-1;;;;;;;10*+3;4*+4;6*-2/p-6. The minimum absolute atomic E-state index is 0. The Bertz CT molecular complexity index is 2450. The van der Waals surface area contributed by atoms with Crippen LogP contribution in [0.15, 0.2) is 146 Å². The van der Waals surface area contributed by atoms with Crippen LogP contribution >= 0.6 is 46.4 Å². The molecule has 6 heterocycles. The minimum Gasteiger partial charge on any atom is -2.00 e. The van der Waals surface area contributed by atoms with Crippen LogP contribution in [0.25, 0.3) is 66.2 Å². The molecular formula is C60H94Cl10Cr14N18O28. The molecule has 0 N–H and O–H groups in total. The molecule has 12 aromatic rings. The molecule has 10 radical (unpaired) electrons. The van der Waals surface area contributed by atoms with E-state index in [1.807, 2.05) is 146 Å². The maximum absolute atomic E-state index is 8.25. The van der Waals surface area contributed by atoms with Gasteiger partial charge in [-0.15, -0.1) is 46.4 Å². The minimum atomic E-state index is 0. The first-order valence-corrected chi connectivity index (χ1v) is 28.2. The molecule has 0 atom stereocenters. The Kier molecular flexibility index (Phi) is 742. The third-order valence-corrected chi connectivity index (χ3v) is 7.12. The van der Waals surface area contributed by atoms with E-state index in [0.29, 0.717) is 0 Å². The van der Waals surface area contributed by atoms with Crippen LogP contribution in [0.1, 0.15) is 0 Å². The molecule has 0 amide bonds. The fourth-order valence-corrected chi connectivity index (χ4v) is 4.51. The maximum atomic E-state index is 8.25. The van der Waals surface area contributed by atoms with E-state index in [1.165, 1.54) is 0 Å². The molecule has 130 heavy (non-hydrogen) atoms. The van der Waals surface area contributed by atoms with Gasteiger partial charge in [-0.1, -0.05) is 146 Å². The second-order valence-electron chi connectivity index (χ2n) is 10.9. The van der Waals surface area contributed by atoms with Gasteiger partial charge in [-0.05, 0) is 66.2 Å². The van der Waals surface area contributed by atoms with Crippen LogP contribution in [-0.4, -0.2) is 229 Å². The van der Waals surface area contributed by atoms with Crippen LogP contribution in [0, 0.1) is 0 Å². The topological polar surface area (TPSA) is 918 Å². The Hall–Kier alpha value is 0.955. The first kappa shape index (κ1) is 292. The Labute approximate surface area is 969 Å². The SMILES string of the molecule is C[O-].C[O-].C[O-].C[O-].C[O-].C[O-].C[O-].C[O-].C[O-].C[O-].C[O-].C[O-].C[O-].C[O-].C[O-].C[O-].C[O-].C[O-].C[O-].C[O-].C[O-].C[O-].ClCCl.ClCCl.[Cl-].[Cl-].[Cl-].[Cl-].[Cl-].[Cl-].[Cr+3].[Cr+3].[Cr+3].[Cr+3].[Cr+3].[Cr+3].[Cr+3].[Cr+3].[Cr+3].[Cr+3].[Cr+4].[Cr+4].[Cr+4].[Cr+4].[O-2].[O-2].[O-2].[O-2].[O-2].[O-2].c1ccc2[n-]nnc2c1.c1ccc2[n-]nnc2c1.c1ccc2[n-]nnc2c1.c1ccc2[n-]nnc2c1.c1ccc2[n-]nnc2c1.c1ccc2[n-]nnc2c1. The summed E-state index contributed by atoms with van der Waals surface area (Å²) in [5.41, 5.74) is 10.3. The van der Waals surface area contributed by atoms with Crippen LogP contribution < -0.4 is 217 Å². The summed E-state index contributed by atoms with van der Waals surface area (Å²) < 4.78 is 0. The Morgan fingerprint density at radius 3 is 0.292 bits per heavy atom. The summed E-state index contributed by atoms with van der Waals surface area (Å²) in [5, 5.41) is 248. The number of hydrogen-bond acceptors (Lipinski definition) is 34. The summed E-state index contributed by atoms with van der Waals surface area (Å²) >= 11 is 19.1. The van der Waals surface area contributed by atoms with Crippen molar-refractivity contribution in [2.45, 2.75) is 0 Å². The van der Waals surface area contributed by atoms with Crippen molar-refractivity contribution < 1.29 is 463 Å². The zero-order valence-electron chi connectivity index (χ0n) is 72.2. The van der Waals surface area contributed by atoms with Gasteiger partial charge in [-0.2, -0.15) is 156 Å². The molecule has 0 fully saturated rings. The molecule has 0 aliphatic carbocycles. The largest absolute Gasteiger partial charge is 4.00 e. The molecule has 12 rings (SSSR count). The van der Waals surface area contributed by atoms with E-state index in [2.05, 4.69) is 92.5 Å². The summed E-state index contributed by atoms with van der Waals surface area (Å²) in [7, 11) is 16.5. The van der Waals surface area contributed by atoms with Crippen LogP contribution in [0.4, 0.5) is 0 Å². The summed E-state index contributed by atoms with van der Waals surface area (Å²) in [4.78, 5) is 0. The monoisotopic (exact) mass is 2590 g/mol. The van der Waals surface area contributed by atoms with Gasteiger partial charge >= 0.3 is 243 Å². The van der Waals surface area contributed by atoms with E-state index in [0.717, 1.165) is 223 Å². The summed E-state index contributed by atoms with van der Waals surface area (Å²) in [6.45, 7) is 0. The third kappa shape index (κ3) is 199. The van der Waals surface area contributed by atoms with E-state index in [4.69, 9.17) is 159 Å². The van der Waals surface area contributed by atoms with Crippen LogP contribution in [0.3, 0.4) is 0 Å². The fourth-order valence-electron chi connectivity index (χ4n) is 4.51. The molecule has 746 valence electrons. The Morgan fingerprint density at radius 2 is 0.231 bits per heavy atom. The predicted octanol–water partition coefficient (Wildman–Crippen LogP) is -34.9. The summed E-state index contributed by atoms with van der Waals surface area (Å²) in [6.07, 6.45) is 0. The van der Waals surface area contributed by atoms with E-state index in [9.17, 15) is 0 Å². The molecule has 0 bridgehead atoms. The Morgan fingerprint density at radius 1 is 0.169 bits per heavy atom. The molecule has 0 saturated heterocycles. The second-order valence-corrected chi connectivity index (χ2v) is 12.5. The van der Waals surface area contributed by atoms with Crippen LogP contribution in [-0.2, 0) is 276 Å². The first-order chi connectivity index (χ1) is 51.6. The van der Waals surface area contributed by atoms with Gasteiger partial charge in [0.2, 0.25) is 0 Å². The van der Waals surface area contributed by atoms with Crippen LogP contribution in [0.2, 0.25) is 0 Å². The van der Waals surface area contributed by atoms with Crippen molar-refractivity contribution in [1.29, 1.82) is 0 Å². The number of hydrogen-bond donors (Lipinski definition) is 0. The summed E-state index contributed by atoms with van der Waals surface area (Å²) in [6, 6.07) is 45.6. The number of benzene rings is 6. The van der Waals surface area contributed by atoms with E-state index in [-0.39, 0.29) is 361 Å². The predicted molar refractivity (Wildman–Crippen MR) is 365 cm³/mol. The molecule has 0 unspecified atom stereocenters. The zero-order chi connectivity index (χ0) is 86.0. The number of aromatic nitrogens is 18. The molecule has 70 heteroatoms. The Balaban J connectivity index is -0.0000000143. The van der Waals surface area contributed by atoms with Crippen molar-refractivity contribution in [3.63, 3.8) is 0 Å². The quantitative estimate of drug-likeness (QED) is 0.127. The van der Waals surface area contributed by atoms with Crippen molar-refractivity contribution in [3.05, 3.63) is 146 Å². The number of rotatable bonds is 0. The van der Waals surface area contributed by atoms with Crippen LogP contribution in [0.5, 0.6) is 0 Å². The van der Waals surface area contributed by atoms with Crippen molar-refractivity contribution in [1.82, 2.24) is 92.5 Å².